The molecule has 0 spiro atoms. The van der Waals surface area contributed by atoms with Gasteiger partial charge in [0.1, 0.15) is 0 Å². The van der Waals surface area contributed by atoms with Crippen LogP contribution in [0.25, 0.3) is 0 Å². The van der Waals surface area contributed by atoms with Gasteiger partial charge < -0.3 is 15.4 Å². The fourth-order valence-corrected chi connectivity index (χ4v) is 2.97. The lowest BCUT2D eigenvalue weighted by atomic mass is 9.92. The molecule has 1 heterocycles. The van der Waals surface area contributed by atoms with E-state index in [4.69, 9.17) is 4.74 Å². The summed E-state index contributed by atoms with van der Waals surface area (Å²) in [5.74, 6) is 0.576. The van der Waals surface area contributed by atoms with E-state index in [0.717, 1.165) is 13.0 Å². The molecule has 1 aliphatic carbocycles. The van der Waals surface area contributed by atoms with E-state index in [0.29, 0.717) is 25.2 Å². The molecular formula is C14H26N2O2. The fraction of sp³-hybridized carbons (Fsp3) is 0.929. The maximum Gasteiger partial charge on any atom is 0.237 e. The number of piperidine rings is 1. The minimum atomic E-state index is -0.00905. The Bertz CT molecular complexity index is 265. The summed E-state index contributed by atoms with van der Waals surface area (Å²) in [6.07, 6.45) is 7.72. The SMILES string of the molecule is CC1CCCNC1C(=O)NCCOC1CCCC1. The summed E-state index contributed by atoms with van der Waals surface area (Å²) in [5.41, 5.74) is 0. The first-order valence-corrected chi connectivity index (χ1v) is 7.40. The molecule has 2 rings (SSSR count). The second-order valence-electron chi connectivity index (χ2n) is 5.62. The normalized spacial score (nSPS) is 29.4. The Labute approximate surface area is 110 Å². The summed E-state index contributed by atoms with van der Waals surface area (Å²) in [6, 6.07) is -0.00905. The summed E-state index contributed by atoms with van der Waals surface area (Å²) in [7, 11) is 0. The minimum Gasteiger partial charge on any atom is -0.376 e. The number of carbonyl (C=O) groups is 1. The largest absolute Gasteiger partial charge is 0.376 e. The Hall–Kier alpha value is -0.610. The summed E-state index contributed by atoms with van der Waals surface area (Å²) < 4.78 is 5.73. The molecule has 1 amide bonds. The van der Waals surface area contributed by atoms with Crippen molar-refractivity contribution in [1.29, 1.82) is 0 Å². The van der Waals surface area contributed by atoms with Crippen molar-refractivity contribution in [3.05, 3.63) is 0 Å². The Morgan fingerprint density at radius 1 is 1.28 bits per heavy atom. The number of hydrogen-bond donors (Lipinski definition) is 2. The molecule has 2 aliphatic rings. The number of carbonyl (C=O) groups excluding carboxylic acids is 1. The Morgan fingerprint density at radius 2 is 2.06 bits per heavy atom. The molecule has 0 radical (unpaired) electrons. The van der Waals surface area contributed by atoms with E-state index in [2.05, 4.69) is 17.6 Å². The van der Waals surface area contributed by atoms with Crippen molar-refractivity contribution in [3.63, 3.8) is 0 Å². The number of amides is 1. The maximum absolute atomic E-state index is 12.0. The minimum absolute atomic E-state index is 0.00905. The van der Waals surface area contributed by atoms with Crippen molar-refractivity contribution in [1.82, 2.24) is 10.6 Å². The number of nitrogens with one attached hydrogen (secondary N) is 2. The third kappa shape index (κ3) is 3.95. The standard InChI is InChI=1S/C14H26N2O2/c1-11-5-4-8-15-13(11)14(17)16-9-10-18-12-6-2-3-7-12/h11-13,15H,2-10H2,1H3,(H,16,17). The second-order valence-corrected chi connectivity index (χ2v) is 5.62. The van der Waals surface area contributed by atoms with Gasteiger partial charge in [-0.1, -0.05) is 19.8 Å². The van der Waals surface area contributed by atoms with Crippen LogP contribution in [0.4, 0.5) is 0 Å². The highest BCUT2D eigenvalue weighted by atomic mass is 16.5. The van der Waals surface area contributed by atoms with Crippen molar-refractivity contribution in [2.24, 2.45) is 5.92 Å². The van der Waals surface area contributed by atoms with Gasteiger partial charge in [-0.3, -0.25) is 4.79 Å². The number of hydrogen-bond acceptors (Lipinski definition) is 3. The third-order valence-corrected chi connectivity index (χ3v) is 4.11. The van der Waals surface area contributed by atoms with Crippen LogP contribution in [-0.2, 0) is 9.53 Å². The molecule has 2 atom stereocenters. The molecule has 0 bridgehead atoms. The number of rotatable bonds is 5. The maximum atomic E-state index is 12.0. The molecule has 18 heavy (non-hydrogen) atoms. The van der Waals surface area contributed by atoms with Crippen LogP contribution in [0.3, 0.4) is 0 Å². The lowest BCUT2D eigenvalue weighted by Crippen LogP contribution is -2.51. The number of ether oxygens (including phenoxy) is 1. The summed E-state index contributed by atoms with van der Waals surface area (Å²) in [4.78, 5) is 12.0. The molecule has 2 fully saturated rings. The highest BCUT2D eigenvalue weighted by Gasteiger charge is 2.26. The van der Waals surface area contributed by atoms with Crippen LogP contribution < -0.4 is 10.6 Å². The molecule has 1 saturated heterocycles. The van der Waals surface area contributed by atoms with E-state index in [1.165, 1.54) is 32.1 Å². The Balaban J connectivity index is 1.58. The van der Waals surface area contributed by atoms with Crippen LogP contribution in [0.5, 0.6) is 0 Å². The van der Waals surface area contributed by atoms with Gasteiger partial charge in [0.15, 0.2) is 0 Å². The first kappa shape index (κ1) is 13.8. The van der Waals surface area contributed by atoms with Crippen molar-refractivity contribution < 1.29 is 9.53 Å². The first-order chi connectivity index (χ1) is 8.77. The second kappa shape index (κ2) is 7.10. The van der Waals surface area contributed by atoms with Gasteiger partial charge in [0.2, 0.25) is 5.91 Å². The van der Waals surface area contributed by atoms with Crippen LogP contribution in [0, 0.1) is 5.92 Å². The van der Waals surface area contributed by atoms with E-state index in [-0.39, 0.29) is 11.9 Å². The zero-order valence-corrected chi connectivity index (χ0v) is 11.4. The molecule has 0 aromatic carbocycles. The summed E-state index contributed by atoms with van der Waals surface area (Å²) in [5, 5.41) is 6.28. The van der Waals surface area contributed by atoms with Crippen LogP contribution in [0.2, 0.25) is 0 Å². The van der Waals surface area contributed by atoms with Gasteiger partial charge in [-0.05, 0) is 38.1 Å². The van der Waals surface area contributed by atoms with Crippen molar-refractivity contribution in [2.45, 2.75) is 57.6 Å². The first-order valence-electron chi connectivity index (χ1n) is 7.40. The average Bonchev–Trinajstić information content (AvgIpc) is 2.88. The molecule has 2 unspecified atom stereocenters. The highest BCUT2D eigenvalue weighted by Crippen LogP contribution is 2.20. The van der Waals surface area contributed by atoms with Gasteiger partial charge >= 0.3 is 0 Å². The van der Waals surface area contributed by atoms with Crippen LogP contribution in [0.1, 0.15) is 45.4 Å². The molecule has 104 valence electrons. The summed E-state index contributed by atoms with van der Waals surface area (Å²) in [6.45, 7) is 4.39. The molecule has 0 aromatic heterocycles. The topological polar surface area (TPSA) is 50.4 Å². The molecular weight excluding hydrogens is 228 g/mol. The smallest absolute Gasteiger partial charge is 0.237 e. The lowest BCUT2D eigenvalue weighted by Gasteiger charge is -2.29. The van der Waals surface area contributed by atoms with Gasteiger partial charge in [0, 0.05) is 6.54 Å². The van der Waals surface area contributed by atoms with Gasteiger partial charge in [0.25, 0.3) is 0 Å². The predicted molar refractivity (Wildman–Crippen MR) is 71.4 cm³/mol. The highest BCUT2D eigenvalue weighted by molar-refractivity contribution is 5.82. The van der Waals surface area contributed by atoms with Crippen molar-refractivity contribution >= 4 is 5.91 Å². The molecule has 1 saturated carbocycles. The van der Waals surface area contributed by atoms with E-state index in [1.54, 1.807) is 0 Å². The van der Waals surface area contributed by atoms with Gasteiger partial charge in [-0.25, -0.2) is 0 Å². The van der Waals surface area contributed by atoms with Crippen LogP contribution >= 0.6 is 0 Å². The predicted octanol–water partition coefficient (Wildman–Crippen LogP) is 1.45. The molecule has 4 heteroatoms. The molecule has 1 aliphatic heterocycles. The molecule has 2 N–H and O–H groups in total. The van der Waals surface area contributed by atoms with Gasteiger partial charge in [-0.2, -0.15) is 0 Å². The quantitative estimate of drug-likeness (QED) is 0.730. The van der Waals surface area contributed by atoms with Crippen LogP contribution in [-0.4, -0.2) is 37.7 Å². The van der Waals surface area contributed by atoms with Gasteiger partial charge in [0.05, 0.1) is 18.8 Å². The lowest BCUT2D eigenvalue weighted by molar-refractivity contribution is -0.125. The Kier molecular flexibility index (Phi) is 5.45. The van der Waals surface area contributed by atoms with E-state index in [1.807, 2.05) is 0 Å². The molecule has 4 nitrogen and oxygen atoms in total. The van der Waals surface area contributed by atoms with E-state index >= 15 is 0 Å². The monoisotopic (exact) mass is 254 g/mol. The third-order valence-electron chi connectivity index (χ3n) is 4.11. The van der Waals surface area contributed by atoms with E-state index < -0.39 is 0 Å². The summed E-state index contributed by atoms with van der Waals surface area (Å²) >= 11 is 0. The van der Waals surface area contributed by atoms with Crippen molar-refractivity contribution in [2.75, 3.05) is 19.7 Å². The zero-order chi connectivity index (χ0) is 12.8. The average molecular weight is 254 g/mol. The molecule has 0 aromatic rings. The zero-order valence-electron chi connectivity index (χ0n) is 11.4. The Morgan fingerprint density at radius 3 is 2.78 bits per heavy atom. The van der Waals surface area contributed by atoms with E-state index in [9.17, 15) is 4.79 Å². The van der Waals surface area contributed by atoms with Gasteiger partial charge in [-0.15, -0.1) is 0 Å². The fourth-order valence-electron chi connectivity index (χ4n) is 2.97. The van der Waals surface area contributed by atoms with Crippen molar-refractivity contribution in [3.8, 4) is 0 Å². The van der Waals surface area contributed by atoms with Crippen LogP contribution in [0.15, 0.2) is 0 Å².